The van der Waals surface area contributed by atoms with Crippen LogP contribution in [0.4, 0.5) is 0 Å². The van der Waals surface area contributed by atoms with Gasteiger partial charge in [-0.2, -0.15) is 0 Å². The molecule has 2 aromatic carbocycles. The summed E-state index contributed by atoms with van der Waals surface area (Å²) in [6.07, 6.45) is 1.32. The molecule has 1 amide bonds. The average molecular weight is 295 g/mol. The lowest BCUT2D eigenvalue weighted by Gasteiger charge is -2.18. The molecule has 0 bridgehead atoms. The summed E-state index contributed by atoms with van der Waals surface area (Å²) in [5.41, 5.74) is 6.00. The lowest BCUT2D eigenvalue weighted by atomic mass is 9.99. The van der Waals surface area contributed by atoms with Crippen molar-refractivity contribution in [3.63, 3.8) is 0 Å². The second-order valence-electron chi connectivity index (χ2n) is 6.03. The van der Waals surface area contributed by atoms with Gasteiger partial charge in [-0.25, -0.2) is 0 Å². The first-order valence-electron chi connectivity index (χ1n) is 7.91. The number of nitrogens with one attached hydrogen (secondary N) is 1. The zero-order valence-electron chi connectivity index (χ0n) is 13.9. The SMILES string of the molecule is CC[C@H](NC(=O)Cc1ccc(C)cc1)c1ccc(C)c(C)c1. The highest BCUT2D eigenvalue weighted by atomic mass is 16.1. The molecule has 2 nitrogen and oxygen atoms in total. The van der Waals surface area contributed by atoms with Gasteiger partial charge in [0.1, 0.15) is 0 Å². The van der Waals surface area contributed by atoms with Crippen molar-refractivity contribution >= 4 is 5.91 Å². The van der Waals surface area contributed by atoms with Crippen LogP contribution in [0.2, 0.25) is 0 Å². The molecule has 0 unspecified atom stereocenters. The third-order valence-electron chi connectivity index (χ3n) is 4.16. The molecule has 0 heterocycles. The molecule has 0 aromatic heterocycles. The topological polar surface area (TPSA) is 29.1 Å². The number of hydrogen-bond donors (Lipinski definition) is 1. The Kier molecular flexibility index (Phi) is 5.37. The fourth-order valence-corrected chi connectivity index (χ4v) is 2.54. The number of benzene rings is 2. The standard InChI is InChI=1S/C20H25NO/c1-5-19(18-11-8-15(3)16(4)12-18)21-20(22)13-17-9-6-14(2)7-10-17/h6-12,19H,5,13H2,1-4H3,(H,21,22)/t19-/m0/s1. The van der Waals surface area contributed by atoms with Crippen LogP contribution < -0.4 is 5.32 Å². The molecule has 1 N–H and O–H groups in total. The summed E-state index contributed by atoms with van der Waals surface area (Å²) >= 11 is 0. The first kappa shape index (κ1) is 16.3. The number of amides is 1. The van der Waals surface area contributed by atoms with Gasteiger partial charge in [0.15, 0.2) is 0 Å². The smallest absolute Gasteiger partial charge is 0.224 e. The molecule has 22 heavy (non-hydrogen) atoms. The lowest BCUT2D eigenvalue weighted by Crippen LogP contribution is -2.29. The average Bonchev–Trinajstić information content (AvgIpc) is 2.50. The Labute approximate surface area is 133 Å². The summed E-state index contributed by atoms with van der Waals surface area (Å²) in [5.74, 6) is 0.0777. The van der Waals surface area contributed by atoms with E-state index in [0.717, 1.165) is 12.0 Å². The van der Waals surface area contributed by atoms with Gasteiger partial charge in [0.2, 0.25) is 5.91 Å². The van der Waals surface area contributed by atoms with Gasteiger partial charge in [-0.3, -0.25) is 4.79 Å². The largest absolute Gasteiger partial charge is 0.349 e. The Bertz CT molecular complexity index is 643. The van der Waals surface area contributed by atoms with Crippen LogP contribution in [-0.4, -0.2) is 5.91 Å². The maximum atomic E-state index is 12.3. The molecule has 116 valence electrons. The molecule has 0 aliphatic rings. The second-order valence-corrected chi connectivity index (χ2v) is 6.03. The predicted octanol–water partition coefficient (Wildman–Crippen LogP) is 4.42. The van der Waals surface area contributed by atoms with Gasteiger partial charge < -0.3 is 5.32 Å². The first-order valence-corrected chi connectivity index (χ1v) is 7.91. The van der Waals surface area contributed by atoms with E-state index in [1.54, 1.807) is 0 Å². The minimum atomic E-state index is 0.0777. The van der Waals surface area contributed by atoms with Crippen LogP contribution in [0.15, 0.2) is 42.5 Å². The van der Waals surface area contributed by atoms with Crippen LogP contribution in [0.1, 0.15) is 47.2 Å². The zero-order valence-corrected chi connectivity index (χ0v) is 13.9. The number of carbonyl (C=O) groups is 1. The number of rotatable bonds is 5. The second kappa shape index (κ2) is 7.26. The number of hydrogen-bond acceptors (Lipinski definition) is 1. The van der Waals surface area contributed by atoms with Gasteiger partial charge in [0, 0.05) is 0 Å². The van der Waals surface area contributed by atoms with Crippen molar-refractivity contribution in [2.45, 2.75) is 46.6 Å². The fourth-order valence-electron chi connectivity index (χ4n) is 2.54. The molecular weight excluding hydrogens is 270 g/mol. The summed E-state index contributed by atoms with van der Waals surface area (Å²) in [4.78, 5) is 12.3. The normalized spacial score (nSPS) is 12.0. The van der Waals surface area contributed by atoms with Crippen LogP contribution in [0.25, 0.3) is 0 Å². The molecule has 0 radical (unpaired) electrons. The van der Waals surface area contributed by atoms with E-state index in [-0.39, 0.29) is 11.9 Å². The fraction of sp³-hybridized carbons (Fsp3) is 0.350. The van der Waals surface area contributed by atoms with Gasteiger partial charge in [-0.15, -0.1) is 0 Å². The molecule has 2 heteroatoms. The van der Waals surface area contributed by atoms with Gasteiger partial charge in [0.05, 0.1) is 12.5 Å². The van der Waals surface area contributed by atoms with Crippen molar-refractivity contribution in [3.05, 3.63) is 70.3 Å². The molecule has 2 aromatic rings. The van der Waals surface area contributed by atoms with E-state index in [1.807, 2.05) is 24.3 Å². The molecule has 2 rings (SSSR count). The minimum Gasteiger partial charge on any atom is -0.349 e. The number of carbonyl (C=O) groups excluding carboxylic acids is 1. The Morgan fingerprint density at radius 1 is 1.00 bits per heavy atom. The van der Waals surface area contributed by atoms with E-state index >= 15 is 0 Å². The molecule has 0 spiro atoms. The molecule has 0 fully saturated rings. The van der Waals surface area contributed by atoms with Gasteiger partial charge in [-0.05, 0) is 49.4 Å². The van der Waals surface area contributed by atoms with Crippen molar-refractivity contribution in [2.24, 2.45) is 0 Å². The first-order chi connectivity index (χ1) is 10.5. The van der Waals surface area contributed by atoms with E-state index < -0.39 is 0 Å². The Balaban J connectivity index is 2.04. The molecule has 1 atom stereocenters. The van der Waals surface area contributed by atoms with Crippen LogP contribution in [0.3, 0.4) is 0 Å². The summed E-state index contributed by atoms with van der Waals surface area (Å²) in [5, 5.41) is 3.15. The highest BCUT2D eigenvalue weighted by Crippen LogP contribution is 2.20. The minimum absolute atomic E-state index is 0.0777. The van der Waals surface area contributed by atoms with Crippen molar-refractivity contribution in [3.8, 4) is 0 Å². The quantitative estimate of drug-likeness (QED) is 0.869. The summed E-state index contributed by atoms with van der Waals surface area (Å²) in [7, 11) is 0. The maximum Gasteiger partial charge on any atom is 0.224 e. The predicted molar refractivity (Wildman–Crippen MR) is 92.0 cm³/mol. The highest BCUT2D eigenvalue weighted by Gasteiger charge is 2.13. The van der Waals surface area contributed by atoms with E-state index in [0.29, 0.717) is 6.42 Å². The Hall–Kier alpha value is -2.09. The van der Waals surface area contributed by atoms with Crippen molar-refractivity contribution in [2.75, 3.05) is 0 Å². The zero-order chi connectivity index (χ0) is 16.1. The highest BCUT2D eigenvalue weighted by molar-refractivity contribution is 5.79. The van der Waals surface area contributed by atoms with Gasteiger partial charge in [-0.1, -0.05) is 55.0 Å². The van der Waals surface area contributed by atoms with Crippen molar-refractivity contribution in [1.29, 1.82) is 0 Å². The molecule has 0 saturated carbocycles. The summed E-state index contributed by atoms with van der Waals surface area (Å²) < 4.78 is 0. The summed E-state index contributed by atoms with van der Waals surface area (Å²) in [6.45, 7) is 8.37. The third-order valence-corrected chi connectivity index (χ3v) is 4.16. The molecule has 0 aliphatic carbocycles. The van der Waals surface area contributed by atoms with E-state index in [1.165, 1.54) is 22.3 Å². The van der Waals surface area contributed by atoms with E-state index in [2.05, 4.69) is 51.2 Å². The molecular formula is C20H25NO. The van der Waals surface area contributed by atoms with E-state index in [4.69, 9.17) is 0 Å². The van der Waals surface area contributed by atoms with Gasteiger partial charge in [0.25, 0.3) is 0 Å². The Morgan fingerprint density at radius 2 is 1.68 bits per heavy atom. The monoisotopic (exact) mass is 295 g/mol. The van der Waals surface area contributed by atoms with Crippen LogP contribution in [0, 0.1) is 20.8 Å². The van der Waals surface area contributed by atoms with E-state index in [9.17, 15) is 4.79 Å². The summed E-state index contributed by atoms with van der Waals surface area (Å²) in [6, 6.07) is 14.6. The number of aryl methyl sites for hydroxylation is 3. The van der Waals surface area contributed by atoms with Crippen LogP contribution in [-0.2, 0) is 11.2 Å². The van der Waals surface area contributed by atoms with Crippen molar-refractivity contribution in [1.82, 2.24) is 5.32 Å². The van der Waals surface area contributed by atoms with Gasteiger partial charge >= 0.3 is 0 Å². The maximum absolute atomic E-state index is 12.3. The van der Waals surface area contributed by atoms with Crippen LogP contribution >= 0.6 is 0 Å². The van der Waals surface area contributed by atoms with Crippen molar-refractivity contribution < 1.29 is 4.79 Å². The Morgan fingerprint density at radius 3 is 2.27 bits per heavy atom. The third kappa shape index (κ3) is 4.20. The molecule has 0 saturated heterocycles. The molecule has 0 aliphatic heterocycles. The van der Waals surface area contributed by atoms with Crippen LogP contribution in [0.5, 0.6) is 0 Å². The lowest BCUT2D eigenvalue weighted by molar-refractivity contribution is -0.121.